The van der Waals surface area contributed by atoms with Crippen molar-refractivity contribution in [2.45, 2.75) is 32.7 Å². The SMILES string of the molecule is CC(C)c1nc2cc(NC(=O)[C@@H](C)n3nnc4ccccc4c3=O)ccc2n1C. The minimum Gasteiger partial charge on any atom is -0.331 e. The van der Waals surface area contributed by atoms with Gasteiger partial charge in [0.25, 0.3) is 5.56 Å². The van der Waals surface area contributed by atoms with Gasteiger partial charge >= 0.3 is 0 Å². The molecule has 2 aromatic heterocycles. The number of amides is 1. The highest BCUT2D eigenvalue weighted by atomic mass is 16.2. The summed E-state index contributed by atoms with van der Waals surface area (Å²) in [6.45, 7) is 5.80. The standard InChI is InChI=1S/C21H22N6O2/c1-12(2)19-23-17-11-14(9-10-18(17)26(19)4)22-20(28)13(3)27-21(29)15-7-5-6-8-16(15)24-25-27/h5-13H,1-4H3,(H,22,28)/t13-/m1/s1. The Labute approximate surface area is 167 Å². The third kappa shape index (κ3) is 3.26. The number of hydrogen-bond acceptors (Lipinski definition) is 5. The van der Waals surface area contributed by atoms with E-state index in [2.05, 4.69) is 39.0 Å². The van der Waals surface area contributed by atoms with E-state index >= 15 is 0 Å². The number of rotatable bonds is 4. The third-order valence-electron chi connectivity index (χ3n) is 5.04. The number of aryl methyl sites for hydroxylation is 1. The normalized spacial score (nSPS) is 12.6. The summed E-state index contributed by atoms with van der Waals surface area (Å²) in [5.74, 6) is 0.926. The average Bonchev–Trinajstić information content (AvgIpc) is 3.04. The van der Waals surface area contributed by atoms with Gasteiger partial charge in [0.05, 0.1) is 16.4 Å². The molecule has 1 atom stereocenters. The number of nitrogens with zero attached hydrogens (tertiary/aromatic N) is 5. The first kappa shape index (κ1) is 18.8. The molecule has 0 spiro atoms. The van der Waals surface area contributed by atoms with Crippen molar-refractivity contribution >= 4 is 33.5 Å². The van der Waals surface area contributed by atoms with E-state index in [4.69, 9.17) is 0 Å². The molecule has 8 nitrogen and oxygen atoms in total. The van der Waals surface area contributed by atoms with E-state index in [9.17, 15) is 9.59 Å². The second-order valence-corrected chi connectivity index (χ2v) is 7.41. The monoisotopic (exact) mass is 390 g/mol. The Kier molecular flexibility index (Phi) is 4.62. The van der Waals surface area contributed by atoms with Gasteiger partial charge in [0, 0.05) is 18.7 Å². The number of benzene rings is 2. The smallest absolute Gasteiger partial charge is 0.278 e. The van der Waals surface area contributed by atoms with Crippen LogP contribution in [0.4, 0.5) is 5.69 Å². The Morgan fingerprint density at radius 1 is 1.07 bits per heavy atom. The summed E-state index contributed by atoms with van der Waals surface area (Å²) in [6, 6.07) is 11.7. The van der Waals surface area contributed by atoms with Crippen molar-refractivity contribution in [1.29, 1.82) is 0 Å². The first-order chi connectivity index (χ1) is 13.9. The highest BCUT2D eigenvalue weighted by Gasteiger charge is 2.20. The maximum Gasteiger partial charge on any atom is 0.278 e. The second kappa shape index (κ2) is 7.12. The van der Waals surface area contributed by atoms with Gasteiger partial charge in [-0.25, -0.2) is 4.98 Å². The highest BCUT2D eigenvalue weighted by molar-refractivity contribution is 5.95. The summed E-state index contributed by atoms with van der Waals surface area (Å²) in [5.41, 5.74) is 2.58. The molecule has 29 heavy (non-hydrogen) atoms. The number of aromatic nitrogens is 5. The lowest BCUT2D eigenvalue weighted by atomic mass is 10.2. The molecule has 2 aromatic carbocycles. The van der Waals surface area contributed by atoms with Crippen molar-refractivity contribution < 1.29 is 4.79 Å². The zero-order valence-electron chi connectivity index (χ0n) is 16.7. The van der Waals surface area contributed by atoms with Gasteiger partial charge in [0.2, 0.25) is 5.91 Å². The molecule has 1 N–H and O–H groups in total. The van der Waals surface area contributed by atoms with Crippen molar-refractivity contribution in [3.05, 3.63) is 58.6 Å². The number of carbonyl (C=O) groups is 1. The average molecular weight is 390 g/mol. The Hall–Kier alpha value is -3.55. The number of nitrogens with one attached hydrogen (secondary N) is 1. The Bertz CT molecular complexity index is 1290. The van der Waals surface area contributed by atoms with Gasteiger partial charge < -0.3 is 9.88 Å². The first-order valence-corrected chi connectivity index (χ1v) is 9.48. The van der Waals surface area contributed by atoms with E-state index in [-0.39, 0.29) is 11.5 Å². The van der Waals surface area contributed by atoms with Crippen LogP contribution in [0.15, 0.2) is 47.3 Å². The first-order valence-electron chi connectivity index (χ1n) is 9.48. The molecule has 4 rings (SSSR count). The van der Waals surface area contributed by atoms with Crippen molar-refractivity contribution in [1.82, 2.24) is 24.5 Å². The van der Waals surface area contributed by atoms with E-state index in [0.29, 0.717) is 22.5 Å². The molecule has 1 amide bonds. The molecule has 0 saturated carbocycles. The third-order valence-corrected chi connectivity index (χ3v) is 5.04. The fourth-order valence-corrected chi connectivity index (χ4v) is 3.43. The quantitative estimate of drug-likeness (QED) is 0.578. The maximum atomic E-state index is 12.8. The van der Waals surface area contributed by atoms with Crippen LogP contribution in [0.25, 0.3) is 21.9 Å². The summed E-state index contributed by atoms with van der Waals surface area (Å²) in [7, 11) is 1.98. The van der Waals surface area contributed by atoms with E-state index in [1.54, 1.807) is 31.2 Å². The topological polar surface area (TPSA) is 94.7 Å². The molecule has 0 saturated heterocycles. The summed E-state index contributed by atoms with van der Waals surface area (Å²) >= 11 is 0. The van der Waals surface area contributed by atoms with Crippen molar-refractivity contribution in [2.75, 3.05) is 5.32 Å². The van der Waals surface area contributed by atoms with Gasteiger partial charge in [-0.05, 0) is 37.3 Å². The molecule has 0 bridgehead atoms. The predicted octanol–water partition coefficient (Wildman–Crippen LogP) is 3.00. The Balaban J connectivity index is 1.62. The van der Waals surface area contributed by atoms with Gasteiger partial charge in [0.15, 0.2) is 0 Å². The zero-order valence-corrected chi connectivity index (χ0v) is 16.7. The largest absolute Gasteiger partial charge is 0.331 e. The van der Waals surface area contributed by atoms with E-state index in [1.807, 2.05) is 25.2 Å². The van der Waals surface area contributed by atoms with Gasteiger partial charge in [-0.3, -0.25) is 9.59 Å². The van der Waals surface area contributed by atoms with Crippen molar-refractivity contribution in [2.24, 2.45) is 7.05 Å². The summed E-state index contributed by atoms with van der Waals surface area (Å²) < 4.78 is 3.16. The predicted molar refractivity (Wildman–Crippen MR) is 112 cm³/mol. The van der Waals surface area contributed by atoms with Gasteiger partial charge in [-0.15, -0.1) is 5.10 Å². The van der Waals surface area contributed by atoms with E-state index in [0.717, 1.165) is 21.5 Å². The molecule has 0 unspecified atom stereocenters. The van der Waals surface area contributed by atoms with E-state index in [1.165, 1.54) is 0 Å². The lowest BCUT2D eigenvalue weighted by Crippen LogP contribution is -2.34. The summed E-state index contributed by atoms with van der Waals surface area (Å²) in [6.07, 6.45) is 0. The van der Waals surface area contributed by atoms with Gasteiger partial charge in [-0.2, -0.15) is 4.68 Å². The van der Waals surface area contributed by atoms with Crippen LogP contribution in [0.1, 0.15) is 38.6 Å². The Morgan fingerprint density at radius 2 is 1.83 bits per heavy atom. The molecule has 4 aromatic rings. The molecule has 0 aliphatic heterocycles. The number of fused-ring (bicyclic) bond motifs is 2. The number of imidazole rings is 1. The van der Waals surface area contributed by atoms with Crippen LogP contribution in [0.3, 0.4) is 0 Å². The van der Waals surface area contributed by atoms with Crippen LogP contribution in [-0.4, -0.2) is 30.5 Å². The lowest BCUT2D eigenvalue weighted by Gasteiger charge is -2.13. The molecule has 8 heteroatoms. The lowest BCUT2D eigenvalue weighted by molar-refractivity contribution is -0.119. The van der Waals surface area contributed by atoms with Gasteiger partial charge in [0.1, 0.15) is 17.4 Å². The molecule has 0 aliphatic carbocycles. The molecule has 0 radical (unpaired) electrons. The zero-order chi connectivity index (χ0) is 20.7. The van der Waals surface area contributed by atoms with Crippen LogP contribution >= 0.6 is 0 Å². The van der Waals surface area contributed by atoms with Crippen molar-refractivity contribution in [3.63, 3.8) is 0 Å². The van der Waals surface area contributed by atoms with Gasteiger partial charge in [-0.1, -0.05) is 31.2 Å². The number of carbonyl (C=O) groups excluding carboxylic acids is 1. The molecule has 0 fully saturated rings. The van der Waals surface area contributed by atoms with Crippen LogP contribution in [0, 0.1) is 0 Å². The van der Waals surface area contributed by atoms with Crippen LogP contribution < -0.4 is 10.9 Å². The molecule has 148 valence electrons. The minimum atomic E-state index is -0.815. The fourth-order valence-electron chi connectivity index (χ4n) is 3.43. The number of anilines is 1. The molecule has 2 heterocycles. The Morgan fingerprint density at radius 3 is 2.59 bits per heavy atom. The second-order valence-electron chi connectivity index (χ2n) is 7.41. The van der Waals surface area contributed by atoms with Crippen LogP contribution in [-0.2, 0) is 11.8 Å². The maximum absolute atomic E-state index is 12.8. The van der Waals surface area contributed by atoms with Crippen LogP contribution in [0.5, 0.6) is 0 Å². The molecular formula is C21H22N6O2. The van der Waals surface area contributed by atoms with Crippen molar-refractivity contribution in [3.8, 4) is 0 Å². The fraction of sp³-hybridized carbons (Fsp3) is 0.286. The molecular weight excluding hydrogens is 368 g/mol. The highest BCUT2D eigenvalue weighted by Crippen LogP contribution is 2.23. The summed E-state index contributed by atoms with van der Waals surface area (Å²) in [4.78, 5) is 30.1. The van der Waals surface area contributed by atoms with E-state index < -0.39 is 6.04 Å². The molecule has 0 aliphatic rings. The minimum absolute atomic E-state index is 0.295. The number of hydrogen-bond donors (Lipinski definition) is 1. The summed E-state index contributed by atoms with van der Waals surface area (Å²) in [5, 5.41) is 11.3. The van der Waals surface area contributed by atoms with Crippen LogP contribution in [0.2, 0.25) is 0 Å².